The van der Waals surface area contributed by atoms with Gasteiger partial charge in [0.1, 0.15) is 0 Å². The molecule has 1 aromatic carbocycles. The maximum absolute atomic E-state index is 11.7. The van der Waals surface area contributed by atoms with Crippen LogP contribution < -0.4 is 16.0 Å². The Kier molecular flexibility index (Phi) is 9.60. The molecule has 0 aliphatic heterocycles. The summed E-state index contributed by atoms with van der Waals surface area (Å²) in [5.41, 5.74) is 1.27. The van der Waals surface area contributed by atoms with Gasteiger partial charge in [-0.05, 0) is 50.1 Å². The first-order valence-electron chi connectivity index (χ1n) is 10.1. The topological polar surface area (TPSA) is 70.5 Å². The molecule has 6 nitrogen and oxygen atoms in total. The van der Waals surface area contributed by atoms with Crippen molar-refractivity contribution < 1.29 is 4.79 Å². The summed E-state index contributed by atoms with van der Waals surface area (Å²) in [5, 5.41) is 10.9. The predicted octanol–water partition coefficient (Wildman–Crippen LogP) is 3.26. The average Bonchev–Trinajstić information content (AvgIpc) is 3.39. The van der Waals surface area contributed by atoms with Crippen molar-refractivity contribution in [3.05, 3.63) is 36.5 Å². The molecule has 2 aromatic rings. The van der Waals surface area contributed by atoms with Crippen molar-refractivity contribution in [3.8, 4) is 0 Å². The van der Waals surface area contributed by atoms with E-state index in [0.717, 1.165) is 57.8 Å². The number of hydrogen-bond acceptors (Lipinski definition) is 2. The summed E-state index contributed by atoms with van der Waals surface area (Å²) in [6.45, 7) is 5.37. The third-order valence-electron chi connectivity index (χ3n) is 4.67. The molecule has 1 fully saturated rings. The third kappa shape index (κ3) is 7.33. The van der Waals surface area contributed by atoms with Gasteiger partial charge in [-0.3, -0.25) is 9.79 Å². The highest BCUT2D eigenvalue weighted by molar-refractivity contribution is 14.0. The normalized spacial score (nSPS) is 13.8. The summed E-state index contributed by atoms with van der Waals surface area (Å²) in [4.78, 5) is 16.3. The van der Waals surface area contributed by atoms with Crippen molar-refractivity contribution in [1.29, 1.82) is 0 Å². The fourth-order valence-electron chi connectivity index (χ4n) is 3.09. The Morgan fingerprint density at radius 3 is 2.79 bits per heavy atom. The monoisotopic (exact) mass is 497 g/mol. The molecule has 7 heteroatoms. The number of aliphatic imine (C=N–C) groups is 1. The van der Waals surface area contributed by atoms with E-state index >= 15 is 0 Å². The van der Waals surface area contributed by atoms with Crippen LogP contribution in [-0.4, -0.2) is 42.1 Å². The second-order valence-electron chi connectivity index (χ2n) is 7.05. The van der Waals surface area contributed by atoms with Crippen LogP contribution in [0.5, 0.6) is 0 Å². The number of carbonyl (C=O) groups is 1. The van der Waals surface area contributed by atoms with E-state index in [9.17, 15) is 4.79 Å². The molecule has 1 amide bonds. The van der Waals surface area contributed by atoms with Crippen molar-refractivity contribution in [3.63, 3.8) is 0 Å². The zero-order valence-electron chi connectivity index (χ0n) is 16.6. The van der Waals surface area contributed by atoms with Gasteiger partial charge in [0.2, 0.25) is 5.91 Å². The summed E-state index contributed by atoms with van der Waals surface area (Å²) in [7, 11) is 0. The Morgan fingerprint density at radius 1 is 1.18 bits per heavy atom. The zero-order valence-corrected chi connectivity index (χ0v) is 18.9. The molecule has 0 spiro atoms. The lowest BCUT2D eigenvalue weighted by Gasteiger charge is -2.11. The van der Waals surface area contributed by atoms with Gasteiger partial charge in [0.05, 0.1) is 0 Å². The van der Waals surface area contributed by atoms with Crippen LogP contribution in [0.1, 0.15) is 39.0 Å². The molecule has 3 N–H and O–H groups in total. The third-order valence-corrected chi connectivity index (χ3v) is 4.67. The van der Waals surface area contributed by atoms with E-state index in [4.69, 9.17) is 0 Å². The van der Waals surface area contributed by atoms with E-state index in [1.54, 1.807) is 0 Å². The first-order valence-corrected chi connectivity index (χ1v) is 10.1. The van der Waals surface area contributed by atoms with Gasteiger partial charge in [0.15, 0.2) is 5.96 Å². The van der Waals surface area contributed by atoms with Gasteiger partial charge >= 0.3 is 0 Å². The Bertz CT molecular complexity index is 769. The van der Waals surface area contributed by atoms with E-state index in [1.807, 2.05) is 0 Å². The Hall–Kier alpha value is -1.77. The molecule has 1 saturated carbocycles. The van der Waals surface area contributed by atoms with Crippen LogP contribution in [0.15, 0.2) is 41.5 Å². The molecule has 0 unspecified atom stereocenters. The number of amides is 1. The lowest BCUT2D eigenvalue weighted by molar-refractivity contribution is -0.121. The molecule has 0 bridgehead atoms. The number of para-hydroxylation sites is 1. The Morgan fingerprint density at radius 2 is 2.00 bits per heavy atom. The van der Waals surface area contributed by atoms with Crippen molar-refractivity contribution in [1.82, 2.24) is 20.5 Å². The zero-order chi connectivity index (χ0) is 18.9. The van der Waals surface area contributed by atoms with E-state index in [0.29, 0.717) is 12.5 Å². The summed E-state index contributed by atoms with van der Waals surface area (Å²) in [5.74, 6) is 0.998. The van der Waals surface area contributed by atoms with Gasteiger partial charge in [0.25, 0.3) is 0 Å². The van der Waals surface area contributed by atoms with Crippen LogP contribution in [0.25, 0.3) is 10.9 Å². The SMILES string of the molecule is CCNC(=NCCCn1ccc2ccccc21)NCCCC(=O)NC1CC1.I. The van der Waals surface area contributed by atoms with Crippen LogP contribution in [0.4, 0.5) is 0 Å². The van der Waals surface area contributed by atoms with Crippen molar-refractivity contribution in [2.75, 3.05) is 19.6 Å². The minimum Gasteiger partial charge on any atom is -0.357 e. The molecule has 28 heavy (non-hydrogen) atoms. The molecule has 1 aromatic heterocycles. The predicted molar refractivity (Wildman–Crippen MR) is 126 cm³/mol. The van der Waals surface area contributed by atoms with Gasteiger partial charge in [-0.25, -0.2) is 0 Å². The van der Waals surface area contributed by atoms with E-state index in [-0.39, 0.29) is 29.9 Å². The molecule has 0 radical (unpaired) electrons. The van der Waals surface area contributed by atoms with E-state index in [2.05, 4.69) is 69.0 Å². The molecule has 0 atom stereocenters. The van der Waals surface area contributed by atoms with E-state index < -0.39 is 0 Å². The van der Waals surface area contributed by atoms with Crippen molar-refractivity contribution >= 4 is 46.7 Å². The number of benzene rings is 1. The maximum atomic E-state index is 11.7. The van der Waals surface area contributed by atoms with E-state index in [1.165, 1.54) is 10.9 Å². The molecule has 1 aliphatic carbocycles. The Balaban J connectivity index is 0.00000280. The number of fused-ring (bicyclic) bond motifs is 1. The molecule has 0 saturated heterocycles. The highest BCUT2D eigenvalue weighted by Crippen LogP contribution is 2.18. The quantitative estimate of drug-likeness (QED) is 0.204. The highest BCUT2D eigenvalue weighted by atomic mass is 127. The fourth-order valence-corrected chi connectivity index (χ4v) is 3.09. The number of nitrogens with one attached hydrogen (secondary N) is 3. The number of aromatic nitrogens is 1. The van der Waals surface area contributed by atoms with Crippen LogP contribution in [-0.2, 0) is 11.3 Å². The first-order chi connectivity index (χ1) is 13.3. The Labute approximate surface area is 184 Å². The van der Waals surface area contributed by atoms with Crippen molar-refractivity contribution in [2.24, 2.45) is 4.99 Å². The second-order valence-corrected chi connectivity index (χ2v) is 7.05. The van der Waals surface area contributed by atoms with Crippen LogP contribution in [0.3, 0.4) is 0 Å². The lowest BCUT2D eigenvalue weighted by Crippen LogP contribution is -2.38. The number of carbonyl (C=O) groups excluding carboxylic acids is 1. The second kappa shape index (κ2) is 11.9. The first kappa shape index (κ1) is 22.5. The number of aryl methyl sites for hydroxylation is 1. The average molecular weight is 497 g/mol. The minimum absolute atomic E-state index is 0. The molecule has 3 rings (SSSR count). The molecular weight excluding hydrogens is 465 g/mol. The summed E-state index contributed by atoms with van der Waals surface area (Å²) >= 11 is 0. The number of nitrogens with zero attached hydrogens (tertiary/aromatic N) is 2. The van der Waals surface area contributed by atoms with Crippen LogP contribution in [0, 0.1) is 0 Å². The number of guanidine groups is 1. The minimum atomic E-state index is 0. The van der Waals surface area contributed by atoms with Gasteiger partial charge in [-0.2, -0.15) is 0 Å². The van der Waals surface area contributed by atoms with Crippen LogP contribution >= 0.6 is 24.0 Å². The molecule has 154 valence electrons. The number of halogens is 1. The van der Waals surface area contributed by atoms with Gasteiger partial charge in [0, 0.05) is 50.4 Å². The smallest absolute Gasteiger partial charge is 0.220 e. The summed E-state index contributed by atoms with van der Waals surface area (Å²) in [6.07, 6.45) is 6.80. The largest absolute Gasteiger partial charge is 0.357 e. The number of hydrogen-bond donors (Lipinski definition) is 3. The maximum Gasteiger partial charge on any atom is 0.220 e. The highest BCUT2D eigenvalue weighted by Gasteiger charge is 2.22. The van der Waals surface area contributed by atoms with Gasteiger partial charge < -0.3 is 20.5 Å². The van der Waals surface area contributed by atoms with Gasteiger partial charge in [-0.15, -0.1) is 24.0 Å². The van der Waals surface area contributed by atoms with Gasteiger partial charge in [-0.1, -0.05) is 18.2 Å². The molecule has 1 aliphatic rings. The number of rotatable bonds is 10. The van der Waals surface area contributed by atoms with Crippen molar-refractivity contribution in [2.45, 2.75) is 51.6 Å². The standard InChI is InChI=1S/C21H31N5O.HI/c1-2-22-21(23-13-5-9-20(27)25-18-10-11-18)24-14-6-15-26-16-12-17-7-3-4-8-19(17)26;/h3-4,7-8,12,16,18H,2,5-6,9-11,13-15H2,1H3,(H,25,27)(H2,22,23,24);1H. The molecular formula is C21H32IN5O. The van der Waals surface area contributed by atoms with Crippen LogP contribution in [0.2, 0.25) is 0 Å². The lowest BCUT2D eigenvalue weighted by atomic mass is 10.2. The summed E-state index contributed by atoms with van der Waals surface area (Å²) in [6, 6.07) is 11.0. The fraction of sp³-hybridized carbons (Fsp3) is 0.524. The molecule has 1 heterocycles. The summed E-state index contributed by atoms with van der Waals surface area (Å²) < 4.78 is 2.28.